The van der Waals surface area contributed by atoms with Crippen LogP contribution in [0, 0.1) is 11.6 Å². The predicted molar refractivity (Wildman–Crippen MR) is 132 cm³/mol. The van der Waals surface area contributed by atoms with E-state index in [0.717, 1.165) is 11.1 Å². The Hall–Kier alpha value is -3.01. The van der Waals surface area contributed by atoms with E-state index in [1.165, 1.54) is 41.8 Å². The van der Waals surface area contributed by atoms with Gasteiger partial charge >= 0.3 is 0 Å². The number of halogens is 3. The first kappa shape index (κ1) is 23.7. The number of aromatic nitrogens is 3. The van der Waals surface area contributed by atoms with Crippen LogP contribution < -0.4 is 0 Å². The van der Waals surface area contributed by atoms with Gasteiger partial charge in [-0.05, 0) is 60.8 Å². The number of thiazole rings is 1. The summed E-state index contributed by atoms with van der Waals surface area (Å²) in [5.41, 5.74) is 2.34. The number of carbonyl (C=O) groups is 1. The number of hydrogen-bond acceptors (Lipinski definition) is 6. The first-order chi connectivity index (χ1) is 16.8. The molecule has 3 heterocycles. The minimum Gasteiger partial charge on any atom is -0.331 e. The molecule has 35 heavy (non-hydrogen) atoms. The average Bonchev–Trinajstić information content (AvgIpc) is 3.26. The molecular formula is C25H22ClF2N5OS. The van der Waals surface area contributed by atoms with Gasteiger partial charge in [0.1, 0.15) is 22.0 Å². The van der Waals surface area contributed by atoms with Gasteiger partial charge in [-0.15, -0.1) is 0 Å². The van der Waals surface area contributed by atoms with Crippen LogP contribution >= 0.6 is 22.9 Å². The Kier molecular flexibility index (Phi) is 6.48. The molecule has 10 heteroatoms. The molecule has 1 saturated heterocycles. The van der Waals surface area contributed by atoms with E-state index >= 15 is 0 Å². The minimum atomic E-state index is -0.315. The fourth-order valence-corrected chi connectivity index (χ4v) is 5.64. The van der Waals surface area contributed by atoms with Gasteiger partial charge in [0.15, 0.2) is 5.01 Å². The molecule has 0 radical (unpaired) electrons. The monoisotopic (exact) mass is 513 g/mol. The van der Waals surface area contributed by atoms with Crippen LogP contribution in [0.3, 0.4) is 0 Å². The van der Waals surface area contributed by atoms with Crippen molar-refractivity contribution >= 4 is 39.2 Å². The molecule has 2 aromatic carbocycles. The average molecular weight is 514 g/mol. The molecular weight excluding hydrogens is 492 g/mol. The molecule has 6 nitrogen and oxygen atoms in total. The van der Waals surface area contributed by atoms with E-state index in [2.05, 4.69) is 26.8 Å². The van der Waals surface area contributed by atoms with Crippen LogP contribution in [0.2, 0.25) is 5.28 Å². The first-order valence-corrected chi connectivity index (χ1v) is 12.4. The number of nitrogens with zero attached hydrogens (tertiary/aromatic N) is 5. The summed E-state index contributed by atoms with van der Waals surface area (Å²) in [6.07, 6.45) is 1.51. The van der Waals surface area contributed by atoms with E-state index in [4.69, 9.17) is 11.6 Å². The summed E-state index contributed by atoms with van der Waals surface area (Å²) in [5.74, 6) is -0.793. The third-order valence-electron chi connectivity index (χ3n) is 6.30. The Balaban J connectivity index is 1.43. The van der Waals surface area contributed by atoms with Gasteiger partial charge in [0.2, 0.25) is 5.28 Å². The molecule has 2 aromatic heterocycles. The summed E-state index contributed by atoms with van der Waals surface area (Å²) in [5, 5.41) is 0.459. The highest BCUT2D eigenvalue weighted by atomic mass is 35.5. The second-order valence-corrected chi connectivity index (χ2v) is 10.0. The van der Waals surface area contributed by atoms with E-state index in [9.17, 15) is 13.6 Å². The molecule has 2 atom stereocenters. The number of amides is 1. The molecule has 0 aliphatic carbocycles. The number of carbonyl (C=O) groups excluding carboxylic acids is 1. The van der Waals surface area contributed by atoms with Crippen molar-refractivity contribution in [3.63, 3.8) is 0 Å². The summed E-state index contributed by atoms with van der Waals surface area (Å²) >= 11 is 7.07. The molecule has 1 aliphatic rings. The van der Waals surface area contributed by atoms with Crippen molar-refractivity contribution in [1.29, 1.82) is 0 Å². The molecule has 0 N–H and O–H groups in total. The van der Waals surface area contributed by atoms with Crippen LogP contribution in [0.25, 0.3) is 10.3 Å². The van der Waals surface area contributed by atoms with Crippen LogP contribution in [-0.2, 0) is 0 Å². The smallest absolute Gasteiger partial charge is 0.283 e. The third kappa shape index (κ3) is 4.76. The molecule has 0 unspecified atom stereocenters. The highest BCUT2D eigenvalue weighted by Gasteiger charge is 2.37. The first-order valence-electron chi connectivity index (χ1n) is 11.2. The maximum atomic E-state index is 13.7. The lowest BCUT2D eigenvalue weighted by Crippen LogP contribution is -2.58. The van der Waals surface area contributed by atoms with Gasteiger partial charge in [0.25, 0.3) is 5.91 Å². The van der Waals surface area contributed by atoms with Crippen molar-refractivity contribution in [3.8, 4) is 0 Å². The summed E-state index contributed by atoms with van der Waals surface area (Å²) in [7, 11) is 0. The van der Waals surface area contributed by atoms with Crippen molar-refractivity contribution in [3.05, 3.63) is 87.8 Å². The minimum absolute atomic E-state index is 0.0288. The molecule has 1 aliphatic heterocycles. The normalized spacial score (nSPS) is 19.0. The summed E-state index contributed by atoms with van der Waals surface area (Å²) in [6, 6.07) is 12.4. The van der Waals surface area contributed by atoms with Gasteiger partial charge in [0.05, 0.1) is 12.2 Å². The standard InChI is InChI=1S/C25H22ClF2N5OS/c1-14-13-33(24(34)23-30-20-11-29-25(26)31-22(20)35-23)15(2)12-32(14)21(16-3-7-18(27)8-4-16)17-5-9-19(28)10-6-17/h3-11,14-15,21H,12-13H2,1-2H3/t14-,15+/m1/s1. The number of benzene rings is 2. The van der Waals surface area contributed by atoms with Crippen molar-refractivity contribution in [2.75, 3.05) is 13.1 Å². The lowest BCUT2D eigenvalue weighted by atomic mass is 9.93. The zero-order valence-corrected chi connectivity index (χ0v) is 20.6. The van der Waals surface area contributed by atoms with Crippen LogP contribution in [0.15, 0.2) is 54.7 Å². The van der Waals surface area contributed by atoms with Gasteiger partial charge in [0, 0.05) is 25.2 Å². The van der Waals surface area contributed by atoms with Gasteiger partial charge < -0.3 is 4.90 Å². The van der Waals surface area contributed by atoms with E-state index in [0.29, 0.717) is 28.4 Å². The molecule has 180 valence electrons. The number of rotatable bonds is 4. The number of piperazine rings is 1. The fourth-order valence-electron chi connectivity index (χ4n) is 4.59. The quantitative estimate of drug-likeness (QED) is 0.345. The largest absolute Gasteiger partial charge is 0.331 e. The Morgan fingerprint density at radius 2 is 1.57 bits per heavy atom. The molecule has 5 rings (SSSR count). The lowest BCUT2D eigenvalue weighted by Gasteiger charge is -2.47. The molecule has 4 aromatic rings. The topological polar surface area (TPSA) is 62.2 Å². The maximum Gasteiger partial charge on any atom is 0.283 e. The molecule has 1 amide bonds. The van der Waals surface area contributed by atoms with Gasteiger partial charge in [-0.25, -0.2) is 23.7 Å². The second-order valence-electron chi connectivity index (χ2n) is 8.71. The third-order valence-corrected chi connectivity index (χ3v) is 7.44. The Morgan fingerprint density at radius 1 is 0.971 bits per heavy atom. The lowest BCUT2D eigenvalue weighted by molar-refractivity contribution is 0.0209. The van der Waals surface area contributed by atoms with Gasteiger partial charge in [-0.3, -0.25) is 9.69 Å². The van der Waals surface area contributed by atoms with Crippen molar-refractivity contribution < 1.29 is 13.6 Å². The predicted octanol–water partition coefficient (Wildman–Crippen LogP) is 5.34. The molecule has 0 saturated carbocycles. The van der Waals surface area contributed by atoms with E-state index in [-0.39, 0.29) is 41.0 Å². The van der Waals surface area contributed by atoms with Crippen LogP contribution in [0.1, 0.15) is 40.8 Å². The number of fused-ring (bicyclic) bond motifs is 1. The van der Waals surface area contributed by atoms with Gasteiger partial charge in [-0.2, -0.15) is 0 Å². The van der Waals surface area contributed by atoms with Crippen LogP contribution in [0.5, 0.6) is 0 Å². The zero-order chi connectivity index (χ0) is 24.7. The van der Waals surface area contributed by atoms with E-state index < -0.39 is 0 Å². The SMILES string of the molecule is C[C@@H]1CN(C(=O)c2nc3cnc(Cl)nc3s2)[C@@H](C)CN1C(c1ccc(F)cc1)c1ccc(F)cc1. The van der Waals surface area contributed by atoms with Crippen LogP contribution in [0.4, 0.5) is 8.78 Å². The van der Waals surface area contributed by atoms with Crippen molar-refractivity contribution in [2.24, 2.45) is 0 Å². The number of hydrogen-bond donors (Lipinski definition) is 0. The van der Waals surface area contributed by atoms with Gasteiger partial charge in [-0.1, -0.05) is 35.6 Å². The van der Waals surface area contributed by atoms with Crippen molar-refractivity contribution in [2.45, 2.75) is 32.0 Å². The summed E-state index contributed by atoms with van der Waals surface area (Å²) in [6.45, 7) is 5.09. The molecule has 0 bridgehead atoms. The van der Waals surface area contributed by atoms with E-state index in [1.807, 2.05) is 11.8 Å². The van der Waals surface area contributed by atoms with Crippen molar-refractivity contribution in [1.82, 2.24) is 24.8 Å². The molecule has 1 fully saturated rings. The molecule has 0 spiro atoms. The Morgan fingerprint density at radius 3 is 2.17 bits per heavy atom. The zero-order valence-electron chi connectivity index (χ0n) is 19.0. The highest BCUT2D eigenvalue weighted by Crippen LogP contribution is 2.34. The summed E-state index contributed by atoms with van der Waals surface area (Å²) < 4.78 is 27.3. The second kappa shape index (κ2) is 9.56. The Bertz CT molecular complexity index is 1320. The van der Waals surface area contributed by atoms with Crippen LogP contribution in [-0.4, -0.2) is 55.8 Å². The fraction of sp³-hybridized carbons (Fsp3) is 0.280. The highest BCUT2D eigenvalue weighted by molar-refractivity contribution is 7.19. The van der Waals surface area contributed by atoms with E-state index in [1.54, 1.807) is 24.3 Å². The summed E-state index contributed by atoms with van der Waals surface area (Å²) in [4.78, 5) is 30.6. The maximum absolute atomic E-state index is 13.7. The Labute approximate surface area is 210 Å².